The van der Waals surface area contributed by atoms with Crippen molar-refractivity contribution in [2.75, 3.05) is 5.73 Å². The number of nitrogens with zero attached hydrogens (tertiary/aromatic N) is 2. The monoisotopic (exact) mass is 203 g/mol. The molecular formula is C11H10FN3. The lowest BCUT2D eigenvalue weighted by atomic mass is 10.1. The predicted octanol–water partition coefficient (Wildman–Crippen LogP) is 2.17. The first-order valence-corrected chi connectivity index (χ1v) is 4.50. The van der Waals surface area contributed by atoms with Crippen molar-refractivity contribution in [3.05, 3.63) is 42.1 Å². The summed E-state index contributed by atoms with van der Waals surface area (Å²) in [4.78, 5) is 7.91. The first kappa shape index (κ1) is 9.58. The van der Waals surface area contributed by atoms with E-state index in [2.05, 4.69) is 9.97 Å². The Kier molecular flexibility index (Phi) is 2.33. The molecule has 4 heteroatoms. The summed E-state index contributed by atoms with van der Waals surface area (Å²) in [5.74, 6) is -0.394. The number of aryl methyl sites for hydroxylation is 1. The van der Waals surface area contributed by atoms with Crippen molar-refractivity contribution in [2.24, 2.45) is 0 Å². The molecule has 2 aromatic heterocycles. The Bertz CT molecular complexity index is 497. The number of halogens is 1. The molecule has 0 aromatic carbocycles. The summed E-state index contributed by atoms with van der Waals surface area (Å²) in [6, 6.07) is 3.16. The molecule has 2 N–H and O–H groups in total. The minimum Gasteiger partial charge on any atom is -0.397 e. The molecule has 3 nitrogen and oxygen atoms in total. The van der Waals surface area contributed by atoms with E-state index in [9.17, 15) is 4.39 Å². The highest BCUT2D eigenvalue weighted by molar-refractivity contribution is 5.71. The number of nitrogen functional groups attached to an aromatic ring is 1. The fourth-order valence-electron chi connectivity index (χ4n) is 1.37. The molecule has 0 unspecified atom stereocenters. The molecule has 0 amide bonds. The van der Waals surface area contributed by atoms with Crippen LogP contribution >= 0.6 is 0 Å². The maximum absolute atomic E-state index is 12.9. The molecular weight excluding hydrogens is 193 g/mol. The number of hydrogen-bond acceptors (Lipinski definition) is 3. The number of pyridine rings is 2. The number of hydrogen-bond donors (Lipinski definition) is 1. The van der Waals surface area contributed by atoms with Crippen LogP contribution < -0.4 is 5.73 Å². The van der Waals surface area contributed by atoms with Crippen molar-refractivity contribution in [3.8, 4) is 11.3 Å². The molecule has 2 heterocycles. The number of aromatic nitrogens is 2. The molecule has 0 aliphatic carbocycles. The second kappa shape index (κ2) is 3.65. The fraction of sp³-hybridized carbons (Fsp3) is 0.0909. The molecule has 0 fully saturated rings. The van der Waals surface area contributed by atoms with Crippen LogP contribution in [0.15, 0.2) is 30.7 Å². The molecule has 0 bridgehead atoms. The lowest BCUT2D eigenvalue weighted by Gasteiger charge is -2.04. The molecule has 2 aromatic rings. The van der Waals surface area contributed by atoms with E-state index in [1.54, 1.807) is 12.3 Å². The minimum absolute atomic E-state index is 0.394. The van der Waals surface area contributed by atoms with Crippen LogP contribution in [0, 0.1) is 12.7 Å². The molecule has 76 valence electrons. The first-order valence-electron chi connectivity index (χ1n) is 4.50. The molecule has 0 spiro atoms. The summed E-state index contributed by atoms with van der Waals surface area (Å²) in [7, 11) is 0. The molecule has 0 aliphatic heterocycles. The van der Waals surface area contributed by atoms with Crippen LogP contribution in [0.25, 0.3) is 11.3 Å². The first-order chi connectivity index (χ1) is 7.16. The third kappa shape index (κ3) is 1.93. The number of nitrogens with two attached hydrogens (primary N) is 1. The highest BCUT2D eigenvalue weighted by Crippen LogP contribution is 2.23. The molecule has 15 heavy (non-hydrogen) atoms. The van der Waals surface area contributed by atoms with Crippen molar-refractivity contribution in [1.82, 2.24) is 9.97 Å². The van der Waals surface area contributed by atoms with Crippen LogP contribution in [0.2, 0.25) is 0 Å². The topological polar surface area (TPSA) is 51.8 Å². The predicted molar refractivity (Wildman–Crippen MR) is 56.6 cm³/mol. The summed E-state index contributed by atoms with van der Waals surface area (Å²) < 4.78 is 12.9. The standard InChI is InChI=1S/C11H10FN3/c1-7-2-10(13)11(15-4-7)8-3-9(12)6-14-5-8/h2-6H,13H2,1H3. The highest BCUT2D eigenvalue weighted by Gasteiger charge is 2.05. The molecule has 0 saturated carbocycles. The normalized spacial score (nSPS) is 10.3. The lowest BCUT2D eigenvalue weighted by Crippen LogP contribution is -1.95. The van der Waals surface area contributed by atoms with E-state index in [4.69, 9.17) is 5.73 Å². The van der Waals surface area contributed by atoms with Gasteiger partial charge in [-0.3, -0.25) is 9.97 Å². The van der Waals surface area contributed by atoms with Gasteiger partial charge in [-0.1, -0.05) is 0 Å². The van der Waals surface area contributed by atoms with Gasteiger partial charge in [0.25, 0.3) is 0 Å². The molecule has 2 rings (SSSR count). The van der Waals surface area contributed by atoms with Gasteiger partial charge in [-0.15, -0.1) is 0 Å². The van der Waals surface area contributed by atoms with Crippen LogP contribution in [0.4, 0.5) is 10.1 Å². The van der Waals surface area contributed by atoms with Crippen LogP contribution in [-0.2, 0) is 0 Å². The van der Waals surface area contributed by atoms with E-state index in [0.717, 1.165) is 11.8 Å². The van der Waals surface area contributed by atoms with Crippen molar-refractivity contribution in [2.45, 2.75) is 6.92 Å². The zero-order chi connectivity index (χ0) is 10.8. The Morgan fingerprint density at radius 1 is 1.20 bits per heavy atom. The van der Waals surface area contributed by atoms with E-state index in [1.807, 2.05) is 6.92 Å². The average molecular weight is 203 g/mol. The summed E-state index contributed by atoms with van der Waals surface area (Å²) in [6.07, 6.45) is 4.38. The molecule has 0 radical (unpaired) electrons. The zero-order valence-corrected chi connectivity index (χ0v) is 8.24. The highest BCUT2D eigenvalue weighted by atomic mass is 19.1. The maximum Gasteiger partial charge on any atom is 0.142 e. The van der Waals surface area contributed by atoms with Gasteiger partial charge < -0.3 is 5.73 Å². The van der Waals surface area contributed by atoms with Gasteiger partial charge in [-0.05, 0) is 24.6 Å². The van der Waals surface area contributed by atoms with Crippen LogP contribution in [0.5, 0.6) is 0 Å². The van der Waals surface area contributed by atoms with Crippen molar-refractivity contribution >= 4 is 5.69 Å². The summed E-state index contributed by atoms with van der Waals surface area (Å²) in [5, 5.41) is 0. The minimum atomic E-state index is -0.394. The SMILES string of the molecule is Cc1cnc(-c2cncc(F)c2)c(N)c1. The van der Waals surface area contributed by atoms with Gasteiger partial charge in [0.1, 0.15) is 5.82 Å². The molecule has 0 atom stereocenters. The summed E-state index contributed by atoms with van der Waals surface area (Å²) in [5.41, 5.74) is 8.45. The second-order valence-electron chi connectivity index (χ2n) is 3.34. The van der Waals surface area contributed by atoms with Gasteiger partial charge in [0, 0.05) is 18.0 Å². The van der Waals surface area contributed by atoms with Gasteiger partial charge in [-0.25, -0.2) is 4.39 Å². The summed E-state index contributed by atoms with van der Waals surface area (Å²) in [6.45, 7) is 1.90. The van der Waals surface area contributed by atoms with Crippen LogP contribution in [0.3, 0.4) is 0 Å². The lowest BCUT2D eigenvalue weighted by molar-refractivity contribution is 0.622. The maximum atomic E-state index is 12.9. The van der Waals surface area contributed by atoms with Crippen LogP contribution in [-0.4, -0.2) is 9.97 Å². The van der Waals surface area contributed by atoms with E-state index < -0.39 is 5.82 Å². The van der Waals surface area contributed by atoms with E-state index in [0.29, 0.717) is 16.9 Å². The number of anilines is 1. The van der Waals surface area contributed by atoms with Gasteiger partial charge in [0.15, 0.2) is 0 Å². The van der Waals surface area contributed by atoms with E-state index in [1.165, 1.54) is 12.3 Å². The second-order valence-corrected chi connectivity index (χ2v) is 3.34. The van der Waals surface area contributed by atoms with Crippen molar-refractivity contribution in [3.63, 3.8) is 0 Å². The van der Waals surface area contributed by atoms with Gasteiger partial charge >= 0.3 is 0 Å². The quantitative estimate of drug-likeness (QED) is 0.772. The molecule has 0 saturated heterocycles. The Labute approximate surface area is 86.8 Å². The Morgan fingerprint density at radius 3 is 2.67 bits per heavy atom. The number of rotatable bonds is 1. The molecule has 0 aliphatic rings. The van der Waals surface area contributed by atoms with Crippen molar-refractivity contribution < 1.29 is 4.39 Å². The third-order valence-electron chi connectivity index (χ3n) is 2.03. The Balaban J connectivity index is 2.54. The van der Waals surface area contributed by atoms with Gasteiger partial charge in [0.05, 0.1) is 17.6 Å². The van der Waals surface area contributed by atoms with Gasteiger partial charge in [-0.2, -0.15) is 0 Å². The zero-order valence-electron chi connectivity index (χ0n) is 8.24. The summed E-state index contributed by atoms with van der Waals surface area (Å²) >= 11 is 0. The smallest absolute Gasteiger partial charge is 0.142 e. The Hall–Kier alpha value is -1.97. The third-order valence-corrected chi connectivity index (χ3v) is 2.03. The fourth-order valence-corrected chi connectivity index (χ4v) is 1.37. The largest absolute Gasteiger partial charge is 0.397 e. The van der Waals surface area contributed by atoms with E-state index in [-0.39, 0.29) is 0 Å². The van der Waals surface area contributed by atoms with E-state index >= 15 is 0 Å². The Morgan fingerprint density at radius 2 is 2.00 bits per heavy atom. The van der Waals surface area contributed by atoms with Crippen LogP contribution in [0.1, 0.15) is 5.56 Å². The van der Waals surface area contributed by atoms with Gasteiger partial charge in [0.2, 0.25) is 0 Å². The average Bonchev–Trinajstić information content (AvgIpc) is 2.17. The van der Waals surface area contributed by atoms with Crippen molar-refractivity contribution in [1.29, 1.82) is 0 Å².